The molecule has 0 saturated heterocycles. The fourth-order valence-corrected chi connectivity index (χ4v) is 2.78. The quantitative estimate of drug-likeness (QED) is 0.514. The maximum Gasteiger partial charge on any atom is 0.0781 e. The van der Waals surface area contributed by atoms with Crippen LogP contribution in [0.15, 0.2) is 24.3 Å². The van der Waals surface area contributed by atoms with Gasteiger partial charge in [0.2, 0.25) is 0 Å². The van der Waals surface area contributed by atoms with Crippen LogP contribution >= 0.6 is 0 Å². The largest absolute Gasteiger partial charge is 0.389 e. The Labute approximate surface area is 131 Å². The van der Waals surface area contributed by atoms with Crippen molar-refractivity contribution in [2.75, 3.05) is 5.32 Å². The Morgan fingerprint density at radius 1 is 0.952 bits per heavy atom. The van der Waals surface area contributed by atoms with Crippen LogP contribution in [-0.4, -0.2) is 11.1 Å². The van der Waals surface area contributed by atoms with Crippen LogP contribution in [0.5, 0.6) is 0 Å². The topological polar surface area (TPSA) is 32.3 Å². The molecule has 0 amide bonds. The second-order valence-electron chi connectivity index (χ2n) is 6.10. The van der Waals surface area contributed by atoms with Gasteiger partial charge in [-0.05, 0) is 25.8 Å². The first-order valence-electron chi connectivity index (χ1n) is 8.72. The highest BCUT2D eigenvalue weighted by atomic mass is 16.3. The lowest BCUT2D eigenvalue weighted by molar-refractivity contribution is 0.200. The van der Waals surface area contributed by atoms with Crippen LogP contribution < -0.4 is 5.32 Å². The van der Waals surface area contributed by atoms with Gasteiger partial charge in [0.1, 0.15) is 0 Å². The molecule has 1 rings (SSSR count). The summed E-state index contributed by atoms with van der Waals surface area (Å²) in [5.41, 5.74) is 2.11. The number of rotatable bonds is 11. The summed E-state index contributed by atoms with van der Waals surface area (Å²) < 4.78 is 0. The second-order valence-corrected chi connectivity index (χ2v) is 6.10. The molecular formula is C19H33NO. The van der Waals surface area contributed by atoms with Crippen molar-refractivity contribution in [3.63, 3.8) is 0 Å². The van der Waals surface area contributed by atoms with E-state index in [0.717, 1.165) is 11.3 Å². The molecule has 1 atom stereocenters. The lowest BCUT2D eigenvalue weighted by atomic mass is 10.0. The zero-order valence-electron chi connectivity index (χ0n) is 14.1. The summed E-state index contributed by atoms with van der Waals surface area (Å²) in [6, 6.07) is 8.68. The molecule has 1 aromatic carbocycles. The molecule has 0 aromatic heterocycles. The van der Waals surface area contributed by atoms with Gasteiger partial charge in [-0.25, -0.2) is 0 Å². The van der Waals surface area contributed by atoms with Crippen molar-refractivity contribution in [3.8, 4) is 0 Å². The van der Waals surface area contributed by atoms with Gasteiger partial charge in [0.05, 0.1) is 6.10 Å². The van der Waals surface area contributed by atoms with Crippen molar-refractivity contribution in [1.82, 2.24) is 0 Å². The Morgan fingerprint density at radius 2 is 1.52 bits per heavy atom. The highest BCUT2D eigenvalue weighted by Crippen LogP contribution is 2.25. The van der Waals surface area contributed by atoms with Crippen molar-refractivity contribution in [2.24, 2.45) is 0 Å². The number of aliphatic hydroxyl groups is 1. The van der Waals surface area contributed by atoms with E-state index in [-0.39, 0.29) is 0 Å². The molecule has 120 valence electrons. The molecule has 0 aliphatic rings. The number of aliphatic hydroxyl groups excluding tert-OH is 1. The smallest absolute Gasteiger partial charge is 0.0781 e. The fourth-order valence-electron chi connectivity index (χ4n) is 2.78. The molecule has 1 unspecified atom stereocenters. The Kier molecular flexibility index (Phi) is 9.16. The zero-order chi connectivity index (χ0) is 15.5. The Balaban J connectivity index is 2.65. The number of hydrogen-bond acceptors (Lipinski definition) is 2. The highest BCUT2D eigenvalue weighted by molar-refractivity contribution is 5.52. The van der Waals surface area contributed by atoms with Gasteiger partial charge in [0.15, 0.2) is 0 Å². The number of para-hydroxylation sites is 1. The number of benzene rings is 1. The molecule has 0 fully saturated rings. The molecular weight excluding hydrogens is 258 g/mol. The number of nitrogens with one attached hydrogen (secondary N) is 1. The molecule has 0 heterocycles. The van der Waals surface area contributed by atoms with E-state index >= 15 is 0 Å². The van der Waals surface area contributed by atoms with Crippen molar-refractivity contribution in [3.05, 3.63) is 29.8 Å². The highest BCUT2D eigenvalue weighted by Gasteiger charge is 2.12. The predicted octanol–water partition coefficient (Wildman–Crippen LogP) is 5.68. The molecule has 0 aliphatic carbocycles. The summed E-state index contributed by atoms with van der Waals surface area (Å²) in [5.74, 6) is 0. The van der Waals surface area contributed by atoms with Gasteiger partial charge in [0, 0.05) is 17.3 Å². The predicted molar refractivity (Wildman–Crippen MR) is 92.8 cm³/mol. The summed E-state index contributed by atoms with van der Waals surface area (Å²) in [6.07, 6.45) is 9.78. The van der Waals surface area contributed by atoms with Gasteiger partial charge in [-0.15, -0.1) is 0 Å². The summed E-state index contributed by atoms with van der Waals surface area (Å²) in [5, 5.41) is 13.6. The maximum absolute atomic E-state index is 9.91. The average Bonchev–Trinajstić information content (AvgIpc) is 2.48. The van der Waals surface area contributed by atoms with Crippen LogP contribution in [0.2, 0.25) is 0 Å². The van der Waals surface area contributed by atoms with Crippen LogP contribution in [0.25, 0.3) is 0 Å². The van der Waals surface area contributed by atoms with Crippen LogP contribution in [0.4, 0.5) is 5.69 Å². The third-order valence-electron chi connectivity index (χ3n) is 4.08. The minimum absolute atomic E-state index is 0.416. The van der Waals surface area contributed by atoms with Gasteiger partial charge in [-0.1, -0.05) is 70.6 Å². The van der Waals surface area contributed by atoms with Gasteiger partial charge in [-0.2, -0.15) is 0 Å². The Hall–Kier alpha value is -1.02. The summed E-state index contributed by atoms with van der Waals surface area (Å²) in [6.45, 7) is 6.34. The van der Waals surface area contributed by atoms with Crippen molar-refractivity contribution in [2.45, 2.75) is 84.3 Å². The van der Waals surface area contributed by atoms with Crippen molar-refractivity contribution in [1.29, 1.82) is 0 Å². The Morgan fingerprint density at radius 3 is 2.05 bits per heavy atom. The normalized spacial score (nSPS) is 12.6. The minimum atomic E-state index is -0.416. The van der Waals surface area contributed by atoms with E-state index in [0.29, 0.717) is 6.04 Å². The van der Waals surface area contributed by atoms with E-state index in [1.165, 1.54) is 51.4 Å². The van der Waals surface area contributed by atoms with Crippen LogP contribution in [-0.2, 0) is 0 Å². The van der Waals surface area contributed by atoms with Crippen molar-refractivity contribution < 1.29 is 5.11 Å². The minimum Gasteiger partial charge on any atom is -0.389 e. The van der Waals surface area contributed by atoms with Gasteiger partial charge < -0.3 is 10.4 Å². The van der Waals surface area contributed by atoms with Crippen LogP contribution in [0.1, 0.15) is 83.8 Å². The lowest BCUT2D eigenvalue weighted by Gasteiger charge is -2.22. The number of anilines is 1. The standard InChI is InChI=1S/C19H33NO/c1-4-6-8-12-17(13-9-7-5-2)20-19-15-11-10-14-18(19)16(3)21/h10-11,14-17,20-21H,4-9,12-13H2,1-3H3. The lowest BCUT2D eigenvalue weighted by Crippen LogP contribution is -2.20. The summed E-state index contributed by atoms with van der Waals surface area (Å²) in [4.78, 5) is 0. The third kappa shape index (κ3) is 6.99. The van der Waals surface area contributed by atoms with Gasteiger partial charge >= 0.3 is 0 Å². The molecule has 0 spiro atoms. The fraction of sp³-hybridized carbons (Fsp3) is 0.684. The molecule has 0 aliphatic heterocycles. The van der Waals surface area contributed by atoms with Crippen molar-refractivity contribution >= 4 is 5.69 Å². The first kappa shape index (κ1) is 18.0. The maximum atomic E-state index is 9.91. The van der Waals surface area contributed by atoms with Crippen LogP contribution in [0.3, 0.4) is 0 Å². The van der Waals surface area contributed by atoms with Gasteiger partial charge in [0.25, 0.3) is 0 Å². The SMILES string of the molecule is CCCCCC(CCCCC)Nc1ccccc1C(C)O. The molecule has 1 aromatic rings. The van der Waals surface area contributed by atoms with E-state index < -0.39 is 6.10 Å². The Bertz CT molecular complexity index is 366. The second kappa shape index (κ2) is 10.7. The summed E-state index contributed by atoms with van der Waals surface area (Å²) >= 11 is 0. The van der Waals surface area contributed by atoms with E-state index in [9.17, 15) is 5.11 Å². The monoisotopic (exact) mass is 291 g/mol. The van der Waals surface area contributed by atoms with Crippen LogP contribution in [0, 0.1) is 0 Å². The van der Waals surface area contributed by atoms with E-state index in [2.05, 4.69) is 25.2 Å². The van der Waals surface area contributed by atoms with Gasteiger partial charge in [-0.3, -0.25) is 0 Å². The zero-order valence-corrected chi connectivity index (χ0v) is 14.1. The molecule has 2 heteroatoms. The molecule has 2 N–H and O–H groups in total. The first-order valence-corrected chi connectivity index (χ1v) is 8.72. The molecule has 21 heavy (non-hydrogen) atoms. The molecule has 0 bridgehead atoms. The first-order chi connectivity index (χ1) is 10.2. The molecule has 0 radical (unpaired) electrons. The molecule has 0 saturated carbocycles. The number of unbranched alkanes of at least 4 members (excludes halogenated alkanes) is 4. The third-order valence-corrected chi connectivity index (χ3v) is 4.08. The average molecular weight is 291 g/mol. The van der Waals surface area contributed by atoms with E-state index in [4.69, 9.17) is 0 Å². The van der Waals surface area contributed by atoms with E-state index in [1.807, 2.05) is 25.1 Å². The molecule has 2 nitrogen and oxygen atoms in total. The number of hydrogen-bond donors (Lipinski definition) is 2. The van der Waals surface area contributed by atoms with E-state index in [1.54, 1.807) is 0 Å². The summed E-state index contributed by atoms with van der Waals surface area (Å²) in [7, 11) is 0.